The van der Waals surface area contributed by atoms with Crippen LogP contribution in [0, 0.1) is 0 Å². The lowest BCUT2D eigenvalue weighted by molar-refractivity contribution is -0.136. The molecule has 0 radical (unpaired) electrons. The summed E-state index contributed by atoms with van der Waals surface area (Å²) in [6.45, 7) is 1.37. The Balaban J connectivity index is 2.77. The summed E-state index contributed by atoms with van der Waals surface area (Å²) in [5.74, 6) is -1.21. The molecule has 0 spiro atoms. The molecule has 1 rings (SSSR count). The van der Waals surface area contributed by atoms with Crippen molar-refractivity contribution in [2.45, 2.75) is 36.7 Å². The number of carboxylic acid groups (broad SMARTS) is 1. The van der Waals surface area contributed by atoms with Gasteiger partial charge in [-0.05, 0) is 19.8 Å². The second-order valence-corrected chi connectivity index (χ2v) is 4.98. The summed E-state index contributed by atoms with van der Waals surface area (Å²) >= 11 is 0. The number of carbonyl (C=O) groups excluding carboxylic acids is 1. The number of ketones is 1. The zero-order chi connectivity index (χ0) is 10.0. The topological polar surface area (TPSA) is 71.4 Å². The van der Waals surface area contributed by atoms with Crippen molar-refractivity contribution in [2.75, 3.05) is 0 Å². The van der Waals surface area contributed by atoms with Crippen LogP contribution in [-0.4, -0.2) is 31.6 Å². The monoisotopic (exact) mass is 204 g/mol. The highest BCUT2D eigenvalue weighted by molar-refractivity contribution is 7.87. The predicted octanol–water partition coefficient (Wildman–Crippen LogP) is 0.330. The Morgan fingerprint density at radius 3 is 2.31 bits per heavy atom. The SMILES string of the molecule is CC(=O)C1CCCC(C(=O)O)S1=O. The van der Waals surface area contributed by atoms with Gasteiger partial charge >= 0.3 is 5.97 Å². The van der Waals surface area contributed by atoms with Crippen molar-refractivity contribution in [3.8, 4) is 0 Å². The average molecular weight is 204 g/mol. The van der Waals surface area contributed by atoms with E-state index in [4.69, 9.17) is 5.11 Å². The molecule has 1 N–H and O–H groups in total. The number of rotatable bonds is 2. The van der Waals surface area contributed by atoms with Crippen molar-refractivity contribution < 1.29 is 18.9 Å². The highest BCUT2D eigenvalue weighted by Crippen LogP contribution is 2.23. The van der Waals surface area contributed by atoms with E-state index in [0.717, 1.165) is 0 Å². The van der Waals surface area contributed by atoms with E-state index >= 15 is 0 Å². The van der Waals surface area contributed by atoms with Crippen LogP contribution in [0.1, 0.15) is 26.2 Å². The van der Waals surface area contributed by atoms with Gasteiger partial charge in [-0.1, -0.05) is 6.42 Å². The maximum Gasteiger partial charge on any atom is 0.319 e. The van der Waals surface area contributed by atoms with Crippen LogP contribution in [0.3, 0.4) is 0 Å². The van der Waals surface area contributed by atoms with Crippen molar-refractivity contribution in [2.24, 2.45) is 0 Å². The second kappa shape index (κ2) is 4.00. The first-order valence-corrected chi connectivity index (χ1v) is 5.44. The molecule has 0 aromatic carbocycles. The minimum atomic E-state index is -1.53. The summed E-state index contributed by atoms with van der Waals surface area (Å²) < 4.78 is 11.5. The molecular weight excluding hydrogens is 192 g/mol. The first-order valence-electron chi connectivity index (χ1n) is 4.16. The van der Waals surface area contributed by atoms with Crippen LogP contribution >= 0.6 is 0 Å². The number of Topliss-reactive ketones (excluding diaryl/α,β-unsaturated/α-hetero) is 1. The van der Waals surface area contributed by atoms with Gasteiger partial charge in [-0.15, -0.1) is 0 Å². The molecule has 5 heteroatoms. The number of carbonyl (C=O) groups is 2. The maximum absolute atomic E-state index is 11.5. The Morgan fingerprint density at radius 2 is 1.85 bits per heavy atom. The Kier molecular flexibility index (Phi) is 3.19. The molecule has 0 bridgehead atoms. The van der Waals surface area contributed by atoms with Gasteiger partial charge in [-0.2, -0.15) is 0 Å². The molecule has 3 atom stereocenters. The van der Waals surface area contributed by atoms with Crippen LogP contribution in [0.15, 0.2) is 0 Å². The Bertz CT molecular complexity index is 237. The summed E-state index contributed by atoms with van der Waals surface area (Å²) in [5.41, 5.74) is 0. The molecule has 4 nitrogen and oxygen atoms in total. The first-order chi connectivity index (χ1) is 6.04. The zero-order valence-electron chi connectivity index (χ0n) is 7.36. The molecule has 1 saturated heterocycles. The van der Waals surface area contributed by atoms with Gasteiger partial charge in [0.05, 0.1) is 5.25 Å². The van der Waals surface area contributed by atoms with E-state index in [-0.39, 0.29) is 5.78 Å². The number of carboxylic acids is 1. The smallest absolute Gasteiger partial charge is 0.319 e. The lowest BCUT2D eigenvalue weighted by Gasteiger charge is -2.23. The van der Waals surface area contributed by atoms with E-state index in [1.165, 1.54) is 6.92 Å². The number of hydrogen-bond acceptors (Lipinski definition) is 3. The van der Waals surface area contributed by atoms with Gasteiger partial charge in [-0.3, -0.25) is 13.8 Å². The van der Waals surface area contributed by atoms with E-state index in [9.17, 15) is 13.8 Å². The lowest BCUT2D eigenvalue weighted by Crippen LogP contribution is -2.39. The summed E-state index contributed by atoms with van der Waals surface area (Å²) in [6, 6.07) is 0. The molecule has 0 aromatic rings. The Labute approximate surface area is 78.8 Å². The lowest BCUT2D eigenvalue weighted by atomic mass is 10.1. The van der Waals surface area contributed by atoms with Crippen molar-refractivity contribution >= 4 is 22.6 Å². The molecule has 74 valence electrons. The van der Waals surface area contributed by atoms with Gasteiger partial charge in [0.2, 0.25) is 0 Å². The van der Waals surface area contributed by atoms with Gasteiger partial charge in [0, 0.05) is 10.8 Å². The minimum absolute atomic E-state index is 0.163. The van der Waals surface area contributed by atoms with Crippen molar-refractivity contribution in [1.82, 2.24) is 0 Å². The highest BCUT2D eigenvalue weighted by atomic mass is 32.2. The molecule has 0 aliphatic carbocycles. The Hall–Kier alpha value is -0.710. The third-order valence-corrected chi connectivity index (χ3v) is 4.35. The maximum atomic E-state index is 11.5. The first kappa shape index (κ1) is 10.4. The van der Waals surface area contributed by atoms with E-state index < -0.39 is 27.3 Å². The van der Waals surface area contributed by atoms with Crippen LogP contribution < -0.4 is 0 Å². The summed E-state index contributed by atoms with van der Waals surface area (Å²) in [5, 5.41) is 7.30. The van der Waals surface area contributed by atoms with Crippen molar-refractivity contribution in [3.63, 3.8) is 0 Å². The van der Waals surface area contributed by atoms with E-state index in [1.807, 2.05) is 0 Å². The third-order valence-electron chi connectivity index (χ3n) is 2.22. The largest absolute Gasteiger partial charge is 0.480 e. The fraction of sp³-hybridized carbons (Fsp3) is 0.750. The van der Waals surface area contributed by atoms with Crippen LogP contribution in [-0.2, 0) is 20.4 Å². The molecule has 0 amide bonds. The fourth-order valence-corrected chi connectivity index (χ4v) is 3.23. The van der Waals surface area contributed by atoms with E-state index in [0.29, 0.717) is 19.3 Å². The van der Waals surface area contributed by atoms with E-state index in [2.05, 4.69) is 0 Å². The van der Waals surface area contributed by atoms with E-state index in [1.54, 1.807) is 0 Å². The van der Waals surface area contributed by atoms with Gasteiger partial charge in [-0.25, -0.2) is 0 Å². The van der Waals surface area contributed by atoms with Crippen LogP contribution in [0.4, 0.5) is 0 Å². The molecule has 3 unspecified atom stereocenters. The molecule has 1 aliphatic rings. The molecule has 1 aliphatic heterocycles. The Morgan fingerprint density at radius 1 is 1.31 bits per heavy atom. The molecule has 1 heterocycles. The average Bonchev–Trinajstić information content (AvgIpc) is 2.03. The fourth-order valence-electron chi connectivity index (χ4n) is 1.51. The van der Waals surface area contributed by atoms with Crippen molar-refractivity contribution in [3.05, 3.63) is 0 Å². The third kappa shape index (κ3) is 2.15. The van der Waals surface area contributed by atoms with Gasteiger partial charge < -0.3 is 5.11 Å². The minimum Gasteiger partial charge on any atom is -0.480 e. The number of hydrogen-bond donors (Lipinski definition) is 1. The predicted molar refractivity (Wildman–Crippen MR) is 47.9 cm³/mol. The molecule has 0 saturated carbocycles. The van der Waals surface area contributed by atoms with Crippen LogP contribution in [0.25, 0.3) is 0 Å². The second-order valence-electron chi connectivity index (χ2n) is 3.19. The molecule has 0 aromatic heterocycles. The summed E-state index contributed by atoms with van der Waals surface area (Å²) in [4.78, 5) is 21.6. The van der Waals surface area contributed by atoms with Gasteiger partial charge in [0.25, 0.3) is 0 Å². The summed E-state index contributed by atoms with van der Waals surface area (Å²) in [6.07, 6.45) is 1.66. The molecule has 1 fully saturated rings. The quantitative estimate of drug-likeness (QED) is 0.703. The van der Waals surface area contributed by atoms with Crippen molar-refractivity contribution in [1.29, 1.82) is 0 Å². The van der Waals surface area contributed by atoms with Gasteiger partial charge in [0.1, 0.15) is 11.0 Å². The summed E-state index contributed by atoms with van der Waals surface area (Å²) in [7, 11) is -1.53. The molecule has 13 heavy (non-hydrogen) atoms. The highest BCUT2D eigenvalue weighted by Gasteiger charge is 2.36. The van der Waals surface area contributed by atoms with Crippen LogP contribution in [0.5, 0.6) is 0 Å². The zero-order valence-corrected chi connectivity index (χ0v) is 8.17. The van der Waals surface area contributed by atoms with Gasteiger partial charge in [0.15, 0.2) is 0 Å². The molecular formula is C8H12O4S. The van der Waals surface area contributed by atoms with Crippen LogP contribution in [0.2, 0.25) is 0 Å². The standard InChI is InChI=1S/C8H12O4S/c1-5(9)6-3-2-4-7(8(10)11)13(6)12/h6-7H,2-4H2,1H3,(H,10,11). The number of aliphatic carboxylic acids is 1. The normalized spacial score (nSPS) is 34.1.